The van der Waals surface area contributed by atoms with E-state index in [9.17, 15) is 4.79 Å². The lowest BCUT2D eigenvalue weighted by Gasteiger charge is -2.34. The minimum Gasteiger partial charge on any atom is -0.492 e. The Balaban J connectivity index is 1.39. The van der Waals surface area contributed by atoms with Crippen LogP contribution in [0.25, 0.3) is 0 Å². The van der Waals surface area contributed by atoms with Crippen molar-refractivity contribution in [1.82, 2.24) is 9.80 Å². The van der Waals surface area contributed by atoms with Crippen molar-refractivity contribution in [2.45, 2.75) is 0 Å². The SMILES string of the molecule is O=C(Nc1ccccc1I)N1CCN(CCOc2ccccc2)CC1. The molecule has 1 aliphatic rings. The first-order valence-corrected chi connectivity index (χ1v) is 9.51. The van der Waals surface area contributed by atoms with Crippen LogP contribution in [0.4, 0.5) is 10.5 Å². The highest BCUT2D eigenvalue weighted by atomic mass is 127. The number of piperazine rings is 1. The van der Waals surface area contributed by atoms with Crippen LogP contribution in [0.2, 0.25) is 0 Å². The molecule has 0 unspecified atom stereocenters. The maximum atomic E-state index is 12.4. The number of halogens is 1. The summed E-state index contributed by atoms with van der Waals surface area (Å²) in [4.78, 5) is 16.6. The highest BCUT2D eigenvalue weighted by molar-refractivity contribution is 14.1. The van der Waals surface area contributed by atoms with E-state index in [1.807, 2.05) is 59.5 Å². The summed E-state index contributed by atoms with van der Waals surface area (Å²) < 4.78 is 6.79. The number of para-hydroxylation sites is 2. The lowest BCUT2D eigenvalue weighted by Crippen LogP contribution is -2.50. The van der Waals surface area contributed by atoms with Crippen LogP contribution in [0.1, 0.15) is 0 Å². The quantitative estimate of drug-likeness (QED) is 0.708. The van der Waals surface area contributed by atoms with Crippen LogP contribution in [0, 0.1) is 3.57 Å². The van der Waals surface area contributed by atoms with Gasteiger partial charge >= 0.3 is 6.03 Å². The second-order valence-corrected chi connectivity index (χ2v) is 7.06. The number of ether oxygens (including phenoxy) is 1. The van der Waals surface area contributed by atoms with Gasteiger partial charge in [-0.3, -0.25) is 4.90 Å². The Kier molecular flexibility index (Phi) is 6.52. The van der Waals surface area contributed by atoms with Crippen molar-refractivity contribution in [1.29, 1.82) is 0 Å². The molecule has 1 N–H and O–H groups in total. The Morgan fingerprint density at radius 3 is 2.40 bits per heavy atom. The normalized spacial score (nSPS) is 15.0. The molecule has 2 aromatic carbocycles. The van der Waals surface area contributed by atoms with Gasteiger partial charge in [-0.2, -0.15) is 0 Å². The smallest absolute Gasteiger partial charge is 0.321 e. The Labute approximate surface area is 162 Å². The van der Waals surface area contributed by atoms with E-state index in [1.165, 1.54) is 0 Å². The summed E-state index contributed by atoms with van der Waals surface area (Å²) in [6, 6.07) is 17.6. The lowest BCUT2D eigenvalue weighted by atomic mass is 10.3. The van der Waals surface area contributed by atoms with Crippen LogP contribution in [-0.4, -0.2) is 55.2 Å². The summed E-state index contributed by atoms with van der Waals surface area (Å²) in [5.41, 5.74) is 0.867. The number of carbonyl (C=O) groups is 1. The number of benzene rings is 2. The van der Waals surface area contributed by atoms with E-state index < -0.39 is 0 Å². The molecule has 0 saturated carbocycles. The standard InChI is InChI=1S/C19H22IN3O2/c20-17-8-4-5-9-18(17)21-19(24)23-12-10-22(11-13-23)14-15-25-16-6-2-1-3-7-16/h1-9H,10-15H2,(H,21,24). The van der Waals surface area contributed by atoms with Crippen molar-refractivity contribution in [3.63, 3.8) is 0 Å². The van der Waals surface area contributed by atoms with Gasteiger partial charge in [0.1, 0.15) is 12.4 Å². The third kappa shape index (κ3) is 5.34. The molecule has 132 valence electrons. The van der Waals surface area contributed by atoms with E-state index in [0.29, 0.717) is 6.61 Å². The number of hydrogen-bond donors (Lipinski definition) is 1. The van der Waals surface area contributed by atoms with Gasteiger partial charge < -0.3 is 15.0 Å². The Morgan fingerprint density at radius 1 is 1.00 bits per heavy atom. The summed E-state index contributed by atoms with van der Waals surface area (Å²) in [5.74, 6) is 0.901. The van der Waals surface area contributed by atoms with Crippen LogP contribution in [0.5, 0.6) is 5.75 Å². The molecule has 2 aromatic rings. The maximum Gasteiger partial charge on any atom is 0.321 e. The summed E-state index contributed by atoms with van der Waals surface area (Å²) in [5, 5.41) is 3.00. The van der Waals surface area contributed by atoms with Gasteiger partial charge in [0.05, 0.1) is 5.69 Å². The predicted molar refractivity (Wildman–Crippen MR) is 108 cm³/mol. The number of urea groups is 1. The van der Waals surface area contributed by atoms with Gasteiger partial charge in [0.15, 0.2) is 0 Å². The molecule has 0 atom stereocenters. The molecule has 1 aliphatic heterocycles. The van der Waals surface area contributed by atoms with Gasteiger partial charge in [-0.25, -0.2) is 4.79 Å². The Bertz CT molecular complexity index is 688. The van der Waals surface area contributed by atoms with Crippen molar-refractivity contribution >= 4 is 34.3 Å². The third-order valence-electron chi connectivity index (χ3n) is 4.19. The van der Waals surface area contributed by atoms with Crippen LogP contribution in [-0.2, 0) is 0 Å². The molecule has 0 radical (unpaired) electrons. The van der Waals surface area contributed by atoms with Gasteiger partial charge in [0.25, 0.3) is 0 Å². The van der Waals surface area contributed by atoms with Crippen molar-refractivity contribution in [3.05, 3.63) is 58.2 Å². The molecule has 1 fully saturated rings. The van der Waals surface area contributed by atoms with Crippen molar-refractivity contribution in [2.24, 2.45) is 0 Å². The average Bonchev–Trinajstić information content (AvgIpc) is 2.65. The van der Waals surface area contributed by atoms with E-state index in [1.54, 1.807) is 0 Å². The molecule has 3 rings (SSSR count). The summed E-state index contributed by atoms with van der Waals surface area (Å²) in [6.07, 6.45) is 0. The van der Waals surface area contributed by atoms with Gasteiger partial charge in [0, 0.05) is 36.3 Å². The predicted octanol–water partition coefficient (Wildman–Crippen LogP) is 3.52. The first kappa shape index (κ1) is 18.0. The highest BCUT2D eigenvalue weighted by Gasteiger charge is 2.21. The second-order valence-electron chi connectivity index (χ2n) is 5.90. The fraction of sp³-hybridized carbons (Fsp3) is 0.316. The molecule has 1 heterocycles. The summed E-state index contributed by atoms with van der Waals surface area (Å²) in [7, 11) is 0. The number of nitrogens with zero attached hydrogens (tertiary/aromatic N) is 2. The molecule has 0 spiro atoms. The second kappa shape index (κ2) is 9.05. The fourth-order valence-corrected chi connectivity index (χ4v) is 3.26. The molecule has 6 heteroatoms. The fourth-order valence-electron chi connectivity index (χ4n) is 2.74. The Hall–Kier alpha value is -1.80. The minimum absolute atomic E-state index is 0.0238. The topological polar surface area (TPSA) is 44.8 Å². The number of rotatable bonds is 5. The number of carbonyl (C=O) groups excluding carboxylic acids is 1. The molecule has 0 bridgehead atoms. The third-order valence-corrected chi connectivity index (χ3v) is 5.14. The maximum absolute atomic E-state index is 12.4. The lowest BCUT2D eigenvalue weighted by molar-refractivity contribution is 0.132. The molecule has 0 aliphatic carbocycles. The van der Waals surface area contributed by atoms with Gasteiger partial charge in [-0.15, -0.1) is 0 Å². The van der Waals surface area contributed by atoms with E-state index in [0.717, 1.165) is 47.7 Å². The molecule has 2 amide bonds. The largest absolute Gasteiger partial charge is 0.492 e. The first-order chi connectivity index (χ1) is 12.2. The van der Waals surface area contributed by atoms with Gasteiger partial charge in [-0.05, 0) is 46.9 Å². The zero-order valence-corrected chi connectivity index (χ0v) is 16.2. The van der Waals surface area contributed by atoms with Gasteiger partial charge in [-0.1, -0.05) is 30.3 Å². The first-order valence-electron chi connectivity index (χ1n) is 8.43. The van der Waals surface area contributed by atoms with Crippen LogP contribution >= 0.6 is 22.6 Å². The number of nitrogens with one attached hydrogen (secondary N) is 1. The highest BCUT2D eigenvalue weighted by Crippen LogP contribution is 2.17. The number of hydrogen-bond acceptors (Lipinski definition) is 3. The molecule has 5 nitrogen and oxygen atoms in total. The zero-order chi connectivity index (χ0) is 17.5. The minimum atomic E-state index is -0.0238. The summed E-state index contributed by atoms with van der Waals surface area (Å²) >= 11 is 2.23. The average molecular weight is 451 g/mol. The number of anilines is 1. The Morgan fingerprint density at radius 2 is 1.68 bits per heavy atom. The number of amides is 2. The van der Waals surface area contributed by atoms with Crippen molar-refractivity contribution < 1.29 is 9.53 Å². The molecule has 1 saturated heterocycles. The van der Waals surface area contributed by atoms with E-state index in [2.05, 4.69) is 32.8 Å². The summed E-state index contributed by atoms with van der Waals surface area (Å²) in [6.45, 7) is 4.76. The van der Waals surface area contributed by atoms with Crippen LogP contribution < -0.4 is 10.1 Å². The molecule has 25 heavy (non-hydrogen) atoms. The van der Waals surface area contributed by atoms with E-state index >= 15 is 0 Å². The van der Waals surface area contributed by atoms with E-state index in [4.69, 9.17) is 4.74 Å². The van der Waals surface area contributed by atoms with Crippen molar-refractivity contribution in [3.8, 4) is 5.75 Å². The molecular formula is C19H22IN3O2. The van der Waals surface area contributed by atoms with Crippen molar-refractivity contribution in [2.75, 3.05) is 44.6 Å². The molecular weight excluding hydrogens is 429 g/mol. The van der Waals surface area contributed by atoms with Crippen LogP contribution in [0.3, 0.4) is 0 Å². The van der Waals surface area contributed by atoms with E-state index in [-0.39, 0.29) is 6.03 Å². The monoisotopic (exact) mass is 451 g/mol. The van der Waals surface area contributed by atoms with Gasteiger partial charge in [0.2, 0.25) is 0 Å². The zero-order valence-electron chi connectivity index (χ0n) is 14.0. The van der Waals surface area contributed by atoms with Crippen LogP contribution in [0.15, 0.2) is 54.6 Å². The molecule has 0 aromatic heterocycles.